The van der Waals surface area contributed by atoms with Gasteiger partial charge in [0.2, 0.25) is 0 Å². The monoisotopic (exact) mass is 326 g/mol. The van der Waals surface area contributed by atoms with Crippen LogP contribution in [0.15, 0.2) is 12.1 Å². The second kappa shape index (κ2) is 8.08. The molecule has 5 atom stereocenters. The van der Waals surface area contributed by atoms with Gasteiger partial charge in [-0.25, -0.2) is 0 Å². The van der Waals surface area contributed by atoms with Crippen LogP contribution in [0.25, 0.3) is 0 Å². The second-order valence-electron chi connectivity index (χ2n) is 7.04. The fraction of sp³-hybridized carbons (Fsp3) is 0.714. The minimum Gasteiger partial charge on any atom is -0.508 e. The van der Waals surface area contributed by atoms with Crippen LogP contribution in [0.1, 0.15) is 88.7 Å². The van der Waals surface area contributed by atoms with Gasteiger partial charge in [-0.1, -0.05) is 46.9 Å². The van der Waals surface area contributed by atoms with E-state index in [4.69, 9.17) is 5.48 Å². The van der Waals surface area contributed by atoms with E-state index in [0.29, 0.717) is 12.8 Å². The molecule has 0 heterocycles. The Morgan fingerprint density at radius 3 is 2.65 bits per heavy atom. The Morgan fingerprint density at radius 2 is 2.04 bits per heavy atom. The predicted molar refractivity (Wildman–Crippen MR) is 97.1 cm³/mol. The topological polar surface area (TPSA) is 40.5 Å². The molecular formula is C21H34O2. The summed E-state index contributed by atoms with van der Waals surface area (Å²) in [5.74, 6) is -3.21. The van der Waals surface area contributed by atoms with Crippen LogP contribution >= 0.6 is 0 Å². The second-order valence-corrected chi connectivity index (χ2v) is 7.04. The molecule has 0 radical (unpaired) electrons. The van der Waals surface area contributed by atoms with Gasteiger partial charge >= 0.3 is 0 Å². The van der Waals surface area contributed by atoms with Gasteiger partial charge in [-0.05, 0) is 67.0 Å². The molecule has 1 aliphatic rings. The Kier molecular flexibility index (Phi) is 4.62. The van der Waals surface area contributed by atoms with Gasteiger partial charge in [0, 0.05) is 11.0 Å². The highest BCUT2D eigenvalue weighted by molar-refractivity contribution is 5.49. The lowest BCUT2D eigenvalue weighted by molar-refractivity contribution is 0.192. The number of unbranched alkanes of at least 4 members (excludes halogenated alkanes) is 2. The Balaban J connectivity index is 2.46. The van der Waals surface area contributed by atoms with Crippen LogP contribution in [0.3, 0.4) is 0 Å². The Morgan fingerprint density at radius 1 is 1.35 bits per heavy atom. The highest BCUT2D eigenvalue weighted by Crippen LogP contribution is 2.49. The largest absolute Gasteiger partial charge is 0.508 e. The smallest absolute Gasteiger partial charge is 0.123 e. The maximum Gasteiger partial charge on any atom is 0.123 e. The quantitative estimate of drug-likeness (QED) is 0.629. The van der Waals surface area contributed by atoms with E-state index in [0.717, 1.165) is 31.2 Å². The van der Waals surface area contributed by atoms with Crippen molar-refractivity contribution in [1.82, 2.24) is 0 Å². The van der Waals surface area contributed by atoms with E-state index >= 15 is 0 Å². The third-order valence-corrected chi connectivity index (χ3v) is 4.98. The summed E-state index contributed by atoms with van der Waals surface area (Å²) in [6.07, 6.45) is 4.07. The molecule has 1 aliphatic carbocycles. The van der Waals surface area contributed by atoms with Gasteiger partial charge in [-0.2, -0.15) is 0 Å². The molecule has 0 aromatic heterocycles. The van der Waals surface area contributed by atoms with E-state index in [1.54, 1.807) is 26.0 Å². The number of phenolic OH excluding ortho intramolecular Hbond substituents is 2. The van der Waals surface area contributed by atoms with Crippen molar-refractivity contribution >= 4 is 0 Å². The summed E-state index contributed by atoms with van der Waals surface area (Å²) in [4.78, 5) is 0. The van der Waals surface area contributed by atoms with E-state index in [9.17, 15) is 10.2 Å². The van der Waals surface area contributed by atoms with Crippen LogP contribution in [-0.4, -0.2) is 10.2 Å². The maximum absolute atomic E-state index is 10.7. The van der Waals surface area contributed by atoms with Crippen molar-refractivity contribution in [3.8, 4) is 11.5 Å². The summed E-state index contributed by atoms with van der Waals surface area (Å²) in [7, 11) is 0. The molecule has 23 heavy (non-hydrogen) atoms. The minimum absolute atomic E-state index is 0.0489. The van der Waals surface area contributed by atoms with Crippen molar-refractivity contribution < 1.29 is 15.7 Å². The lowest BCUT2D eigenvalue weighted by Gasteiger charge is -2.38. The molecular weight excluding hydrogens is 284 g/mol. The van der Waals surface area contributed by atoms with Crippen molar-refractivity contribution in [2.75, 3.05) is 0 Å². The molecule has 130 valence electrons. The third-order valence-electron chi connectivity index (χ3n) is 4.98. The SMILES string of the molecule is [3H]CC([3H])(C)C1CCC([3H])(C)C([3H])C1c1c(O)cc(CCCCC)cc1O. The van der Waals surface area contributed by atoms with Crippen LogP contribution in [0.4, 0.5) is 0 Å². The van der Waals surface area contributed by atoms with Crippen LogP contribution in [0.2, 0.25) is 0 Å². The van der Waals surface area contributed by atoms with Gasteiger partial charge in [0.25, 0.3) is 0 Å². The lowest BCUT2D eigenvalue weighted by Crippen LogP contribution is -2.26. The first-order chi connectivity index (χ1) is 12.5. The van der Waals surface area contributed by atoms with Crippen LogP contribution < -0.4 is 0 Å². The number of benzene rings is 1. The average Bonchev–Trinajstić information content (AvgIpc) is 2.58. The molecule has 1 saturated carbocycles. The van der Waals surface area contributed by atoms with E-state index in [1.165, 1.54) is 0 Å². The number of hydrogen-bond donors (Lipinski definition) is 2. The zero-order valence-electron chi connectivity index (χ0n) is 18.7. The molecule has 0 aliphatic heterocycles. The summed E-state index contributed by atoms with van der Waals surface area (Å²) in [6.45, 7) is 5.40. The normalized spacial score (nSPS) is 36.4. The van der Waals surface area contributed by atoms with E-state index in [1.807, 2.05) is 0 Å². The Labute approximate surface area is 147 Å². The molecule has 2 nitrogen and oxygen atoms in total. The van der Waals surface area contributed by atoms with Crippen molar-refractivity contribution in [2.24, 2.45) is 17.7 Å². The molecule has 2 heteroatoms. The number of rotatable bonds is 6. The molecule has 1 aromatic carbocycles. The van der Waals surface area contributed by atoms with Gasteiger partial charge in [0.1, 0.15) is 11.5 Å². The zero-order valence-corrected chi connectivity index (χ0v) is 14.7. The van der Waals surface area contributed by atoms with Crippen molar-refractivity contribution in [1.29, 1.82) is 0 Å². The predicted octanol–water partition coefficient (Wildman–Crippen LogP) is 6.01. The van der Waals surface area contributed by atoms with Crippen molar-refractivity contribution in [3.63, 3.8) is 0 Å². The standard InChI is InChI=1S/C21H34O2/c1-5-6-7-8-16-12-19(22)21(20(23)13-16)18-11-15(4)9-10-17(18)14(2)3/h12-15,17-18,22-23H,5-11H2,1-4H3/i2T,11T,14T,15T. The summed E-state index contributed by atoms with van der Waals surface area (Å²) in [6, 6.07) is 3.32. The molecule has 2 N–H and O–H groups in total. The fourth-order valence-electron chi connectivity index (χ4n) is 3.65. The molecule has 2 rings (SSSR count). The first-order valence-corrected chi connectivity index (χ1v) is 8.81. The summed E-state index contributed by atoms with van der Waals surface area (Å²) >= 11 is 0. The van der Waals surface area contributed by atoms with Gasteiger partial charge in [0.15, 0.2) is 0 Å². The molecule has 0 spiro atoms. The number of aryl methyl sites for hydroxylation is 1. The first kappa shape index (κ1) is 13.1. The molecule has 0 bridgehead atoms. The summed E-state index contributed by atoms with van der Waals surface area (Å²) in [5, 5.41) is 21.4. The first-order valence-electron chi connectivity index (χ1n) is 11.1. The number of phenols is 2. The molecule has 1 fully saturated rings. The maximum atomic E-state index is 10.7. The molecule has 0 amide bonds. The third kappa shape index (κ3) is 4.43. The Hall–Kier alpha value is -1.18. The summed E-state index contributed by atoms with van der Waals surface area (Å²) < 4.78 is 33.5. The van der Waals surface area contributed by atoms with E-state index in [-0.39, 0.29) is 29.9 Å². The molecule has 5 unspecified atom stereocenters. The van der Waals surface area contributed by atoms with Crippen molar-refractivity contribution in [2.45, 2.75) is 78.5 Å². The van der Waals surface area contributed by atoms with E-state index < -0.39 is 24.1 Å². The van der Waals surface area contributed by atoms with Crippen molar-refractivity contribution in [3.05, 3.63) is 23.3 Å². The van der Waals surface area contributed by atoms with Gasteiger partial charge in [-0.3, -0.25) is 0 Å². The zero-order chi connectivity index (χ0) is 20.4. The van der Waals surface area contributed by atoms with Crippen LogP contribution in [0.5, 0.6) is 11.5 Å². The van der Waals surface area contributed by atoms with Crippen LogP contribution in [-0.2, 0) is 6.42 Å². The highest BCUT2D eigenvalue weighted by Gasteiger charge is 2.34. The lowest BCUT2D eigenvalue weighted by atomic mass is 9.67. The van der Waals surface area contributed by atoms with Crippen LogP contribution in [0, 0.1) is 17.7 Å². The van der Waals surface area contributed by atoms with E-state index in [2.05, 4.69) is 6.92 Å². The Bertz CT molecular complexity index is 622. The number of aromatic hydroxyl groups is 2. The fourth-order valence-corrected chi connectivity index (χ4v) is 3.65. The van der Waals surface area contributed by atoms with Gasteiger partial charge in [0.05, 0.1) is 0 Å². The molecule has 1 aromatic rings. The summed E-state index contributed by atoms with van der Waals surface area (Å²) in [5.41, 5.74) is 1.14. The van der Waals surface area contributed by atoms with Gasteiger partial charge in [-0.15, -0.1) is 0 Å². The minimum atomic E-state index is -1.10. The number of hydrogen-bond acceptors (Lipinski definition) is 2. The highest BCUT2D eigenvalue weighted by atomic mass is 16.3. The van der Waals surface area contributed by atoms with Gasteiger partial charge < -0.3 is 10.2 Å². The average molecular weight is 327 g/mol. The molecule has 0 saturated heterocycles.